The Morgan fingerprint density at radius 1 is 1.60 bits per heavy atom. The van der Waals surface area contributed by atoms with E-state index in [1.165, 1.54) is 14.0 Å². The molecule has 0 saturated carbocycles. The molecule has 0 aliphatic carbocycles. The molecule has 7 nitrogen and oxygen atoms in total. The first-order chi connectivity index (χ1) is 6.93. The maximum absolute atomic E-state index is 11.5. The van der Waals surface area contributed by atoms with Crippen molar-refractivity contribution in [2.24, 2.45) is 5.73 Å². The summed E-state index contributed by atoms with van der Waals surface area (Å²) in [6, 6.07) is -0.810. The Morgan fingerprint density at radius 3 is 2.47 bits per heavy atom. The van der Waals surface area contributed by atoms with Crippen molar-refractivity contribution in [3.05, 3.63) is 0 Å². The van der Waals surface area contributed by atoms with Crippen molar-refractivity contribution in [3.63, 3.8) is 0 Å². The number of hydrogen-bond acceptors (Lipinski definition) is 5. The summed E-state index contributed by atoms with van der Waals surface area (Å²) in [5.41, 5.74) is 3.98. The highest BCUT2D eigenvalue weighted by atomic mass is 31.1. The fourth-order valence-electron chi connectivity index (χ4n) is 0.870. The number of carboxylic acids is 1. The summed E-state index contributed by atoms with van der Waals surface area (Å²) in [5.74, 6) is -1.85. The standard InChI is InChI=1S/C7H15N2O5P/c1-4(7(12)14-2)9-15(13)5(3-8)6(10)11/h4-5,15H,3,8H2,1-2H3,(H,9,13)(H,10,11). The molecule has 0 radical (unpaired) electrons. The van der Waals surface area contributed by atoms with Gasteiger partial charge in [-0.15, -0.1) is 0 Å². The van der Waals surface area contributed by atoms with Gasteiger partial charge >= 0.3 is 11.9 Å². The minimum atomic E-state index is -2.66. The number of rotatable bonds is 6. The molecule has 4 N–H and O–H groups in total. The van der Waals surface area contributed by atoms with Crippen molar-refractivity contribution in [3.8, 4) is 0 Å². The number of carboxylic acid groups (broad SMARTS) is 1. The Hall–Kier alpha value is -0.910. The number of hydrogen-bond donors (Lipinski definition) is 3. The highest BCUT2D eigenvalue weighted by Crippen LogP contribution is 2.23. The molecular weight excluding hydrogens is 223 g/mol. The van der Waals surface area contributed by atoms with Crippen LogP contribution in [0.15, 0.2) is 0 Å². The number of nitrogens with two attached hydrogens (primary N) is 1. The van der Waals surface area contributed by atoms with Gasteiger partial charge in [0.15, 0.2) is 7.95 Å². The van der Waals surface area contributed by atoms with Crippen LogP contribution in [0, 0.1) is 0 Å². The molecule has 0 rings (SSSR count). The van der Waals surface area contributed by atoms with Gasteiger partial charge in [-0.2, -0.15) is 0 Å². The van der Waals surface area contributed by atoms with Crippen molar-refractivity contribution in [1.82, 2.24) is 5.09 Å². The highest BCUT2D eigenvalue weighted by Gasteiger charge is 2.25. The Balaban J connectivity index is 4.34. The topological polar surface area (TPSA) is 119 Å². The molecule has 0 amide bonds. The molecule has 8 heteroatoms. The molecule has 0 aliphatic rings. The minimum absolute atomic E-state index is 0.242. The third-order valence-electron chi connectivity index (χ3n) is 1.76. The fourth-order valence-corrected chi connectivity index (χ4v) is 2.05. The molecule has 15 heavy (non-hydrogen) atoms. The largest absolute Gasteiger partial charge is 0.481 e. The average molecular weight is 238 g/mol. The van der Waals surface area contributed by atoms with Crippen LogP contribution in [0.4, 0.5) is 0 Å². The predicted molar refractivity (Wildman–Crippen MR) is 54.1 cm³/mol. The summed E-state index contributed by atoms with van der Waals surface area (Å²) < 4.78 is 15.8. The third-order valence-corrected chi connectivity index (χ3v) is 3.60. The number of methoxy groups -OCH3 is 1. The smallest absolute Gasteiger partial charge is 0.322 e. The van der Waals surface area contributed by atoms with Crippen LogP contribution in [0.1, 0.15) is 6.92 Å². The summed E-state index contributed by atoms with van der Waals surface area (Å²) in [6.07, 6.45) is 0. The van der Waals surface area contributed by atoms with E-state index in [1.807, 2.05) is 0 Å². The zero-order chi connectivity index (χ0) is 12.0. The predicted octanol–water partition coefficient (Wildman–Crippen LogP) is -0.976. The van der Waals surface area contributed by atoms with Crippen molar-refractivity contribution in [2.75, 3.05) is 13.7 Å². The fraction of sp³-hybridized carbons (Fsp3) is 0.714. The molecule has 0 saturated heterocycles. The first kappa shape index (κ1) is 14.1. The highest BCUT2D eigenvalue weighted by molar-refractivity contribution is 7.44. The van der Waals surface area contributed by atoms with Gasteiger partial charge in [0.2, 0.25) is 0 Å². The molecule has 0 aromatic heterocycles. The van der Waals surface area contributed by atoms with E-state index < -0.39 is 31.6 Å². The number of carbonyl (C=O) groups excluding carboxylic acids is 1. The normalized spacial score (nSPS) is 16.5. The van der Waals surface area contributed by atoms with Gasteiger partial charge in [-0.25, -0.2) is 0 Å². The van der Waals surface area contributed by atoms with Gasteiger partial charge in [0.05, 0.1) is 7.11 Å². The number of ether oxygens (including phenoxy) is 1. The van der Waals surface area contributed by atoms with Crippen molar-refractivity contribution >= 4 is 19.9 Å². The van der Waals surface area contributed by atoms with Gasteiger partial charge in [-0.05, 0) is 6.92 Å². The van der Waals surface area contributed by atoms with E-state index in [0.717, 1.165) is 0 Å². The third kappa shape index (κ3) is 4.42. The number of nitrogens with one attached hydrogen (secondary N) is 1. The zero-order valence-corrected chi connectivity index (χ0v) is 9.52. The number of esters is 1. The first-order valence-electron chi connectivity index (χ1n) is 4.25. The van der Waals surface area contributed by atoms with Gasteiger partial charge in [0.1, 0.15) is 11.7 Å². The average Bonchev–Trinajstić information content (AvgIpc) is 2.16. The zero-order valence-electron chi connectivity index (χ0n) is 8.52. The van der Waals surface area contributed by atoms with Crippen LogP contribution < -0.4 is 10.8 Å². The van der Waals surface area contributed by atoms with Gasteiger partial charge in [-0.1, -0.05) is 0 Å². The summed E-state index contributed by atoms with van der Waals surface area (Å²) in [6.45, 7) is 1.19. The van der Waals surface area contributed by atoms with Crippen LogP contribution >= 0.6 is 7.95 Å². The minimum Gasteiger partial charge on any atom is -0.481 e. The monoisotopic (exact) mass is 238 g/mol. The molecule has 0 aromatic rings. The molecule has 0 aromatic carbocycles. The summed E-state index contributed by atoms with van der Waals surface area (Å²) in [7, 11) is -1.47. The van der Waals surface area contributed by atoms with Gasteiger partial charge in [-0.3, -0.25) is 14.7 Å². The van der Waals surface area contributed by atoms with E-state index in [4.69, 9.17) is 10.8 Å². The Morgan fingerprint density at radius 2 is 2.13 bits per heavy atom. The van der Waals surface area contributed by atoms with Gasteiger partial charge in [0, 0.05) is 6.54 Å². The summed E-state index contributed by atoms with van der Waals surface area (Å²) in [5, 5.41) is 11.0. The second kappa shape index (κ2) is 6.55. The van der Waals surface area contributed by atoms with Crippen LogP contribution in [-0.4, -0.2) is 42.4 Å². The second-order valence-corrected chi connectivity index (χ2v) is 4.59. The van der Waals surface area contributed by atoms with Crippen LogP contribution in [0.3, 0.4) is 0 Å². The lowest BCUT2D eigenvalue weighted by Gasteiger charge is -2.14. The summed E-state index contributed by atoms with van der Waals surface area (Å²) in [4.78, 5) is 21.5. The lowest BCUT2D eigenvalue weighted by molar-refractivity contribution is -0.142. The van der Waals surface area contributed by atoms with Gasteiger partial charge in [0.25, 0.3) is 0 Å². The molecule has 0 heterocycles. The maximum Gasteiger partial charge on any atom is 0.322 e. The summed E-state index contributed by atoms with van der Waals surface area (Å²) >= 11 is 0. The number of carbonyl (C=O) groups is 2. The molecule has 0 spiro atoms. The Kier molecular flexibility index (Phi) is 6.15. The van der Waals surface area contributed by atoms with Crippen LogP contribution in [0.25, 0.3) is 0 Å². The lowest BCUT2D eigenvalue weighted by atomic mass is 10.4. The van der Waals surface area contributed by atoms with Gasteiger partial charge < -0.3 is 20.1 Å². The van der Waals surface area contributed by atoms with Crippen molar-refractivity contribution < 1.29 is 24.0 Å². The Bertz CT molecular complexity index is 270. The molecule has 0 fully saturated rings. The molecule has 3 atom stereocenters. The molecule has 0 aliphatic heterocycles. The molecular formula is C7H15N2O5P. The van der Waals surface area contributed by atoms with E-state index >= 15 is 0 Å². The second-order valence-electron chi connectivity index (χ2n) is 2.88. The van der Waals surface area contributed by atoms with E-state index in [2.05, 4.69) is 9.82 Å². The van der Waals surface area contributed by atoms with Crippen LogP contribution in [0.5, 0.6) is 0 Å². The quantitative estimate of drug-likeness (QED) is 0.402. The maximum atomic E-state index is 11.5. The molecule has 3 unspecified atom stereocenters. The van der Waals surface area contributed by atoms with Crippen molar-refractivity contribution in [1.29, 1.82) is 0 Å². The lowest BCUT2D eigenvalue weighted by Crippen LogP contribution is -2.36. The first-order valence-corrected chi connectivity index (χ1v) is 5.73. The SMILES string of the molecule is COC(=O)C(C)N[PH](=O)C(CN)C(=O)O. The van der Waals surface area contributed by atoms with Crippen molar-refractivity contribution in [2.45, 2.75) is 18.6 Å². The van der Waals surface area contributed by atoms with E-state index in [9.17, 15) is 14.2 Å². The Labute approximate surface area is 87.8 Å². The van der Waals surface area contributed by atoms with E-state index in [-0.39, 0.29) is 6.54 Å². The molecule has 0 bridgehead atoms. The van der Waals surface area contributed by atoms with Crippen LogP contribution in [-0.2, 0) is 18.9 Å². The van der Waals surface area contributed by atoms with Crippen LogP contribution in [0.2, 0.25) is 0 Å². The van der Waals surface area contributed by atoms with E-state index in [0.29, 0.717) is 0 Å². The van der Waals surface area contributed by atoms with E-state index in [1.54, 1.807) is 0 Å². The number of aliphatic carboxylic acids is 1. The molecule has 88 valence electrons.